The van der Waals surface area contributed by atoms with Crippen LogP contribution in [-0.2, 0) is 0 Å². The van der Waals surface area contributed by atoms with E-state index in [4.69, 9.17) is 10.5 Å². The van der Waals surface area contributed by atoms with Gasteiger partial charge in [-0.1, -0.05) is 12.1 Å². The maximum Gasteiger partial charge on any atom is 0.441 e. The zero-order chi connectivity index (χ0) is 12.9. The van der Waals surface area contributed by atoms with Crippen molar-refractivity contribution < 1.29 is 17.9 Å². The number of hydrogen-bond acceptors (Lipinski definition) is 3. The van der Waals surface area contributed by atoms with Crippen LogP contribution in [0.1, 0.15) is 18.5 Å². The fourth-order valence-electron chi connectivity index (χ4n) is 1.20. The molecule has 1 rings (SSSR count). The molecule has 0 saturated carbocycles. The third-order valence-corrected chi connectivity index (χ3v) is 2.70. The highest BCUT2D eigenvalue weighted by Crippen LogP contribution is 2.29. The van der Waals surface area contributed by atoms with Gasteiger partial charge in [-0.3, -0.25) is 0 Å². The van der Waals surface area contributed by atoms with Gasteiger partial charge in [0.15, 0.2) is 0 Å². The molecule has 1 aromatic rings. The van der Waals surface area contributed by atoms with Gasteiger partial charge in [-0.15, -0.1) is 0 Å². The largest absolute Gasteiger partial charge is 0.493 e. The average Bonchev–Trinajstić information content (AvgIpc) is 2.23. The van der Waals surface area contributed by atoms with Crippen molar-refractivity contribution in [3.63, 3.8) is 0 Å². The number of nitrogens with two attached hydrogens (primary N) is 1. The van der Waals surface area contributed by atoms with Crippen LogP contribution in [0.15, 0.2) is 24.3 Å². The molecule has 0 amide bonds. The Labute approximate surface area is 102 Å². The van der Waals surface area contributed by atoms with Gasteiger partial charge in [0.2, 0.25) is 0 Å². The van der Waals surface area contributed by atoms with Gasteiger partial charge >= 0.3 is 5.51 Å². The molecule has 0 spiro atoms. The smallest absolute Gasteiger partial charge is 0.441 e. The zero-order valence-corrected chi connectivity index (χ0v) is 10.1. The Morgan fingerprint density at radius 2 is 2.12 bits per heavy atom. The summed E-state index contributed by atoms with van der Waals surface area (Å²) in [5.74, 6) is 0.425. The summed E-state index contributed by atoms with van der Waals surface area (Å²) in [5, 5.41) is 0. The molecule has 1 aromatic carbocycles. The summed E-state index contributed by atoms with van der Waals surface area (Å²) in [4.78, 5) is 0. The van der Waals surface area contributed by atoms with Crippen molar-refractivity contribution >= 4 is 11.8 Å². The normalized spacial score (nSPS) is 13.5. The van der Waals surface area contributed by atoms with E-state index in [1.807, 2.05) is 13.0 Å². The molecule has 0 radical (unpaired) electrons. The maximum absolute atomic E-state index is 11.8. The molecular formula is C11H14F3NOS. The van der Waals surface area contributed by atoms with Crippen molar-refractivity contribution in [3.8, 4) is 5.75 Å². The maximum atomic E-state index is 11.8. The molecule has 1 atom stereocenters. The third kappa shape index (κ3) is 5.83. The first-order valence-corrected chi connectivity index (χ1v) is 6.06. The lowest BCUT2D eigenvalue weighted by Crippen LogP contribution is -2.08. The van der Waals surface area contributed by atoms with E-state index in [-0.39, 0.29) is 30.2 Å². The third-order valence-electron chi connectivity index (χ3n) is 2.00. The lowest BCUT2D eigenvalue weighted by Gasteiger charge is -2.10. The van der Waals surface area contributed by atoms with Crippen LogP contribution in [0.4, 0.5) is 13.2 Å². The van der Waals surface area contributed by atoms with Crippen LogP contribution in [0.2, 0.25) is 0 Å². The first kappa shape index (κ1) is 14.2. The summed E-state index contributed by atoms with van der Waals surface area (Å²) >= 11 is -0.0864. The number of rotatable bonds is 5. The minimum Gasteiger partial charge on any atom is -0.493 e. The van der Waals surface area contributed by atoms with Crippen LogP contribution in [0.5, 0.6) is 5.75 Å². The van der Waals surface area contributed by atoms with E-state index in [0.717, 1.165) is 5.56 Å². The molecule has 0 heterocycles. The number of hydrogen-bond donors (Lipinski definition) is 1. The van der Waals surface area contributed by atoms with Crippen LogP contribution in [0.25, 0.3) is 0 Å². The standard InChI is InChI=1S/C11H14F3NOS/c1-8(15)9-3-2-4-10(7-9)16-5-6-17-11(12,13)14/h2-4,7-8H,5-6,15H2,1H3/t8-/m1/s1. The molecular weight excluding hydrogens is 251 g/mol. The van der Waals surface area contributed by atoms with Gasteiger partial charge in [0.05, 0.1) is 6.61 Å². The molecule has 0 aliphatic rings. The highest BCUT2D eigenvalue weighted by Gasteiger charge is 2.27. The van der Waals surface area contributed by atoms with Crippen molar-refractivity contribution in [2.75, 3.05) is 12.4 Å². The van der Waals surface area contributed by atoms with Gasteiger partial charge < -0.3 is 10.5 Å². The van der Waals surface area contributed by atoms with Crippen LogP contribution in [-0.4, -0.2) is 17.9 Å². The quantitative estimate of drug-likeness (QED) is 0.829. The number of ether oxygens (including phenoxy) is 1. The minimum absolute atomic E-state index is 0.0204. The Bertz CT molecular complexity index is 355. The zero-order valence-electron chi connectivity index (χ0n) is 9.33. The molecule has 0 fully saturated rings. The second kappa shape index (κ2) is 6.16. The molecule has 0 aliphatic carbocycles. The molecule has 96 valence electrons. The van der Waals surface area contributed by atoms with E-state index in [1.165, 1.54) is 0 Å². The monoisotopic (exact) mass is 265 g/mol. The number of halogens is 3. The summed E-state index contributed by atoms with van der Waals surface area (Å²) in [6.07, 6.45) is 0. The van der Waals surface area contributed by atoms with E-state index in [2.05, 4.69) is 0 Å². The fourth-order valence-corrected chi connectivity index (χ4v) is 1.60. The average molecular weight is 265 g/mol. The van der Waals surface area contributed by atoms with Gasteiger partial charge in [0, 0.05) is 11.8 Å². The Balaban J connectivity index is 2.39. The predicted octanol–water partition coefficient (Wildman–Crippen LogP) is 3.34. The van der Waals surface area contributed by atoms with Crippen molar-refractivity contribution in [3.05, 3.63) is 29.8 Å². The van der Waals surface area contributed by atoms with Crippen molar-refractivity contribution in [2.45, 2.75) is 18.5 Å². The van der Waals surface area contributed by atoms with E-state index >= 15 is 0 Å². The second-order valence-corrected chi connectivity index (χ2v) is 4.66. The fraction of sp³-hybridized carbons (Fsp3) is 0.455. The molecule has 2 nitrogen and oxygen atoms in total. The van der Waals surface area contributed by atoms with Gasteiger partial charge in [0.1, 0.15) is 5.75 Å². The molecule has 6 heteroatoms. The summed E-state index contributed by atoms with van der Waals surface area (Å²) in [6.45, 7) is 1.85. The lowest BCUT2D eigenvalue weighted by molar-refractivity contribution is -0.0329. The molecule has 0 bridgehead atoms. The van der Waals surface area contributed by atoms with Gasteiger partial charge in [-0.2, -0.15) is 13.2 Å². The van der Waals surface area contributed by atoms with Gasteiger partial charge in [0.25, 0.3) is 0 Å². The summed E-state index contributed by atoms with van der Waals surface area (Å²) in [7, 11) is 0. The van der Waals surface area contributed by atoms with Gasteiger partial charge in [-0.05, 0) is 36.4 Å². The Morgan fingerprint density at radius 3 is 2.71 bits per heavy atom. The molecule has 0 aliphatic heterocycles. The van der Waals surface area contributed by atoms with Crippen molar-refractivity contribution in [1.29, 1.82) is 0 Å². The summed E-state index contributed by atoms with van der Waals surface area (Å²) < 4.78 is 40.7. The Hall–Kier alpha value is -0.880. The van der Waals surface area contributed by atoms with E-state index in [0.29, 0.717) is 5.75 Å². The van der Waals surface area contributed by atoms with Crippen molar-refractivity contribution in [1.82, 2.24) is 0 Å². The molecule has 0 saturated heterocycles. The van der Waals surface area contributed by atoms with Crippen LogP contribution < -0.4 is 10.5 Å². The van der Waals surface area contributed by atoms with Gasteiger partial charge in [-0.25, -0.2) is 0 Å². The summed E-state index contributed by atoms with van der Waals surface area (Å²) in [6, 6.07) is 6.93. The van der Waals surface area contributed by atoms with Crippen LogP contribution in [0, 0.1) is 0 Å². The predicted molar refractivity (Wildman–Crippen MR) is 63.1 cm³/mol. The topological polar surface area (TPSA) is 35.2 Å². The van der Waals surface area contributed by atoms with Crippen LogP contribution >= 0.6 is 11.8 Å². The van der Waals surface area contributed by atoms with Crippen LogP contribution in [0.3, 0.4) is 0 Å². The second-order valence-electron chi connectivity index (χ2n) is 3.50. The van der Waals surface area contributed by atoms with Crippen molar-refractivity contribution in [2.24, 2.45) is 5.73 Å². The SMILES string of the molecule is C[C@@H](N)c1cccc(OCCSC(F)(F)F)c1. The highest BCUT2D eigenvalue weighted by molar-refractivity contribution is 8.00. The Morgan fingerprint density at radius 1 is 1.41 bits per heavy atom. The molecule has 0 unspecified atom stereocenters. The highest BCUT2D eigenvalue weighted by atomic mass is 32.2. The summed E-state index contributed by atoms with van der Waals surface area (Å²) in [5.41, 5.74) is 2.38. The molecule has 2 N–H and O–H groups in total. The van der Waals surface area contributed by atoms with E-state index in [1.54, 1.807) is 18.2 Å². The Kier molecular flexibility index (Phi) is 5.14. The minimum atomic E-state index is -4.20. The molecule has 0 aromatic heterocycles. The lowest BCUT2D eigenvalue weighted by atomic mass is 10.1. The number of thioether (sulfide) groups is 1. The first-order valence-electron chi connectivity index (χ1n) is 5.07. The van der Waals surface area contributed by atoms with E-state index in [9.17, 15) is 13.2 Å². The number of alkyl halides is 3. The molecule has 17 heavy (non-hydrogen) atoms. The number of benzene rings is 1. The first-order chi connectivity index (χ1) is 7.88. The van der Waals surface area contributed by atoms with E-state index < -0.39 is 5.51 Å².